The lowest BCUT2D eigenvalue weighted by Crippen LogP contribution is -2.27. The Morgan fingerprint density at radius 2 is 1.15 bits per heavy atom. The van der Waals surface area contributed by atoms with Crippen molar-refractivity contribution in [2.24, 2.45) is 5.41 Å². The van der Waals surface area contributed by atoms with Crippen LogP contribution in [0.1, 0.15) is 20.8 Å². The average Bonchev–Trinajstić information content (AvgIpc) is 2.39. The van der Waals surface area contributed by atoms with Gasteiger partial charge in [0.1, 0.15) is 19.0 Å². The van der Waals surface area contributed by atoms with Gasteiger partial charge >= 0.3 is 0 Å². The average molecular weight is 293 g/mol. The van der Waals surface area contributed by atoms with Crippen molar-refractivity contribution in [1.29, 1.82) is 0 Å². The van der Waals surface area contributed by atoms with Gasteiger partial charge < -0.3 is 0 Å². The highest BCUT2D eigenvalue weighted by molar-refractivity contribution is 6.82. The summed E-state index contributed by atoms with van der Waals surface area (Å²) in [5, 5.41) is 2.85. The van der Waals surface area contributed by atoms with Gasteiger partial charge in [-0.3, -0.25) is 0 Å². The first-order chi connectivity index (χ1) is 9.53. The molecule has 0 aliphatic carbocycles. The molecule has 0 saturated heterocycles. The molecule has 2 aromatic rings. The molecule has 0 N–H and O–H groups in total. The van der Waals surface area contributed by atoms with Crippen LogP contribution in [0.3, 0.4) is 0 Å². The highest BCUT2D eigenvalue weighted by Crippen LogP contribution is 2.16. The van der Waals surface area contributed by atoms with E-state index in [9.17, 15) is 0 Å². The van der Waals surface area contributed by atoms with Crippen molar-refractivity contribution in [3.05, 3.63) is 71.6 Å². The van der Waals surface area contributed by atoms with Gasteiger partial charge in [-0.25, -0.2) is 0 Å². The molecule has 0 heterocycles. The third-order valence-electron chi connectivity index (χ3n) is 2.68. The molecule has 0 unspecified atom stereocenters. The van der Waals surface area contributed by atoms with Gasteiger partial charge in [-0.15, -0.1) is 0 Å². The predicted molar refractivity (Wildman–Crippen MR) is 91.2 cm³/mol. The van der Waals surface area contributed by atoms with Crippen LogP contribution < -0.4 is 10.4 Å². The molecule has 2 heteroatoms. The number of hydrogen-bond acceptors (Lipinski definition) is 0. The molecule has 0 amide bonds. The Balaban J connectivity index is 2.20. The molecule has 0 aromatic heterocycles. The van der Waals surface area contributed by atoms with Crippen LogP contribution in [-0.2, 0) is 0 Å². The molecule has 100 valence electrons. The molecular weight excluding hydrogens is 272 g/mol. The maximum absolute atomic E-state index is 2.45. The number of benzene rings is 2. The highest BCUT2D eigenvalue weighted by Gasteiger charge is 2.11. The smallest absolute Gasteiger partial charge is 0.0910 e. The van der Waals surface area contributed by atoms with E-state index in [1.54, 1.807) is 4.82 Å². The number of rotatable bonds is 4. The molecular formula is C18H20Si2. The number of allylic oxidation sites excluding steroid dienone is 1. The Morgan fingerprint density at radius 1 is 0.750 bits per heavy atom. The van der Waals surface area contributed by atoms with E-state index >= 15 is 0 Å². The molecule has 0 aliphatic rings. The second kappa shape index (κ2) is 6.86. The zero-order valence-electron chi connectivity index (χ0n) is 12.4. The minimum Gasteiger partial charge on any atom is -0.0910 e. The molecule has 0 fully saturated rings. The summed E-state index contributed by atoms with van der Waals surface area (Å²) in [4.78, 5) is 1.55. The highest BCUT2D eigenvalue weighted by atomic mass is 28.3. The first-order valence-electron chi connectivity index (χ1n) is 6.90. The van der Waals surface area contributed by atoms with Crippen molar-refractivity contribution >= 4 is 29.4 Å². The summed E-state index contributed by atoms with van der Waals surface area (Å²) in [6, 6.07) is 21.6. The van der Waals surface area contributed by atoms with Gasteiger partial charge in [-0.2, -0.15) is 0 Å². The van der Waals surface area contributed by atoms with Gasteiger partial charge in [0, 0.05) is 0 Å². The predicted octanol–water partition coefficient (Wildman–Crippen LogP) is 2.93. The molecule has 0 saturated carbocycles. The van der Waals surface area contributed by atoms with Crippen molar-refractivity contribution < 1.29 is 0 Å². The van der Waals surface area contributed by atoms with Crippen LogP contribution in [0.5, 0.6) is 0 Å². The van der Waals surface area contributed by atoms with E-state index in [4.69, 9.17) is 0 Å². The summed E-state index contributed by atoms with van der Waals surface area (Å²) < 4.78 is 0. The third kappa shape index (κ3) is 5.31. The third-order valence-corrected chi connectivity index (χ3v) is 5.50. The van der Waals surface area contributed by atoms with Crippen LogP contribution >= 0.6 is 0 Å². The van der Waals surface area contributed by atoms with Crippen molar-refractivity contribution in [3.8, 4) is 0 Å². The Morgan fingerprint density at radius 3 is 1.50 bits per heavy atom. The summed E-state index contributed by atoms with van der Waals surface area (Å²) >= 11 is 0. The first kappa shape index (κ1) is 15.0. The van der Waals surface area contributed by atoms with E-state index in [1.807, 2.05) is 0 Å². The molecule has 0 nitrogen and oxygen atoms in total. The Labute approximate surface area is 127 Å². The van der Waals surface area contributed by atoms with Crippen molar-refractivity contribution in [2.75, 3.05) is 0 Å². The lowest BCUT2D eigenvalue weighted by atomic mass is 9.98. The summed E-state index contributed by atoms with van der Waals surface area (Å²) in [6.07, 6.45) is 2.45. The fraction of sp³-hybridized carbons (Fsp3) is 0.222. The Hall–Kier alpha value is -1.39. The van der Waals surface area contributed by atoms with E-state index < -0.39 is 0 Å². The minimum absolute atomic E-state index is 0.235. The van der Waals surface area contributed by atoms with Gasteiger partial charge in [0.25, 0.3) is 0 Å². The van der Waals surface area contributed by atoms with Crippen LogP contribution in [0.15, 0.2) is 71.6 Å². The van der Waals surface area contributed by atoms with Crippen LogP contribution in [0.4, 0.5) is 0 Å². The van der Waals surface area contributed by atoms with Crippen molar-refractivity contribution in [3.63, 3.8) is 0 Å². The summed E-state index contributed by atoms with van der Waals surface area (Å²) in [7, 11) is 1.54. The summed E-state index contributed by atoms with van der Waals surface area (Å²) in [5.41, 5.74) is 0.235. The van der Waals surface area contributed by atoms with E-state index in [-0.39, 0.29) is 5.41 Å². The monoisotopic (exact) mass is 292 g/mol. The molecule has 20 heavy (non-hydrogen) atoms. The Kier molecular flexibility index (Phi) is 5.15. The zero-order chi connectivity index (χ0) is 14.4. The van der Waals surface area contributed by atoms with E-state index in [1.165, 1.54) is 10.4 Å². The molecule has 0 atom stereocenters. The van der Waals surface area contributed by atoms with E-state index in [0.717, 1.165) is 19.0 Å². The lowest BCUT2D eigenvalue weighted by Gasteiger charge is -2.16. The molecule has 0 bridgehead atoms. The minimum atomic E-state index is 0.235. The van der Waals surface area contributed by atoms with E-state index in [2.05, 4.69) is 87.5 Å². The fourth-order valence-corrected chi connectivity index (χ4v) is 5.36. The largest absolute Gasteiger partial charge is 0.110 e. The Bertz CT molecular complexity index is 507. The maximum atomic E-state index is 2.45. The van der Waals surface area contributed by atoms with Gasteiger partial charge in [0.2, 0.25) is 0 Å². The van der Waals surface area contributed by atoms with Crippen molar-refractivity contribution in [1.82, 2.24) is 0 Å². The molecule has 0 aliphatic heterocycles. The van der Waals surface area contributed by atoms with Gasteiger partial charge in [0.05, 0.1) is 0 Å². The van der Waals surface area contributed by atoms with E-state index in [0.29, 0.717) is 0 Å². The molecule has 4 radical (unpaired) electrons. The SMILES string of the molecule is CC(C)(C)C=C([Si]c1ccccc1)[Si]c1ccccc1. The standard InChI is InChI=1S/C18H20Si2/c1-18(2,3)14-17(19-15-10-6-4-7-11-15)20-16-12-8-5-9-13-16/h4-14H,1-3H3. The number of hydrogen-bond donors (Lipinski definition) is 0. The second-order valence-corrected chi connectivity index (χ2v) is 9.14. The van der Waals surface area contributed by atoms with Crippen LogP contribution in [0.25, 0.3) is 0 Å². The van der Waals surface area contributed by atoms with Crippen molar-refractivity contribution in [2.45, 2.75) is 20.8 Å². The normalized spacial score (nSPS) is 11.2. The second-order valence-electron chi connectivity index (χ2n) is 5.91. The van der Waals surface area contributed by atoms with Gasteiger partial charge in [0.15, 0.2) is 0 Å². The fourth-order valence-electron chi connectivity index (χ4n) is 1.89. The lowest BCUT2D eigenvalue weighted by molar-refractivity contribution is 0.544. The van der Waals surface area contributed by atoms with Crippen LogP contribution in [-0.4, -0.2) is 19.0 Å². The van der Waals surface area contributed by atoms with Crippen LogP contribution in [0, 0.1) is 5.41 Å². The maximum Gasteiger partial charge on any atom is 0.110 e. The van der Waals surface area contributed by atoms with Gasteiger partial charge in [-0.05, 0) is 5.41 Å². The molecule has 2 rings (SSSR count). The quantitative estimate of drug-likeness (QED) is 0.760. The molecule has 2 aromatic carbocycles. The summed E-state index contributed by atoms with van der Waals surface area (Å²) in [6.45, 7) is 6.83. The van der Waals surface area contributed by atoms with Crippen LogP contribution in [0.2, 0.25) is 0 Å². The first-order valence-corrected chi connectivity index (χ1v) is 8.90. The summed E-state index contributed by atoms with van der Waals surface area (Å²) in [5.74, 6) is 0. The topological polar surface area (TPSA) is 0 Å². The molecule has 0 spiro atoms. The zero-order valence-corrected chi connectivity index (χ0v) is 14.4. The van der Waals surface area contributed by atoms with Gasteiger partial charge in [-0.1, -0.05) is 103 Å².